The van der Waals surface area contributed by atoms with E-state index in [-0.39, 0.29) is 5.69 Å². The van der Waals surface area contributed by atoms with Gasteiger partial charge in [0.1, 0.15) is 0 Å². The Morgan fingerprint density at radius 1 is 1.60 bits per heavy atom. The van der Waals surface area contributed by atoms with Crippen molar-refractivity contribution in [1.82, 2.24) is 4.98 Å². The van der Waals surface area contributed by atoms with Crippen LogP contribution in [0, 0.1) is 22.0 Å². The topological polar surface area (TPSA) is 102 Å². The summed E-state index contributed by atoms with van der Waals surface area (Å²) in [6, 6.07) is 2.60. The number of aromatic hydroxyl groups is 1. The normalized spacial score (nSPS) is 9.13. The van der Waals surface area contributed by atoms with E-state index in [1.54, 1.807) is 0 Å². The van der Waals surface area contributed by atoms with Gasteiger partial charge in [-0.3, -0.25) is 0 Å². The van der Waals surface area contributed by atoms with Gasteiger partial charge < -0.3 is 21.0 Å². The van der Waals surface area contributed by atoms with Crippen LogP contribution in [0.25, 0.3) is 0 Å². The van der Waals surface area contributed by atoms with Crippen LogP contribution in [0.15, 0.2) is 12.1 Å². The van der Waals surface area contributed by atoms with E-state index in [2.05, 4.69) is 16.8 Å². The van der Waals surface area contributed by atoms with E-state index in [1.807, 2.05) is 0 Å². The highest BCUT2D eigenvalue weighted by molar-refractivity contribution is 5.42. The predicted molar refractivity (Wildman–Crippen MR) is 53.1 cm³/mol. The Balaban J connectivity index is 2.99. The Morgan fingerprint density at radius 3 is 2.93 bits per heavy atom. The summed E-state index contributed by atoms with van der Waals surface area (Å²) in [4.78, 5) is 13.2. The molecule has 0 fully saturated rings. The van der Waals surface area contributed by atoms with Gasteiger partial charge in [0, 0.05) is 19.0 Å². The first kappa shape index (κ1) is 10.9. The van der Waals surface area contributed by atoms with E-state index in [0.717, 1.165) is 0 Å². The molecule has 1 aromatic heterocycles. The second kappa shape index (κ2) is 4.93. The molecule has 0 atom stereocenters. The van der Waals surface area contributed by atoms with Crippen LogP contribution in [-0.2, 0) is 0 Å². The van der Waals surface area contributed by atoms with Crippen molar-refractivity contribution in [3.63, 3.8) is 0 Å². The molecule has 78 valence electrons. The number of nitro groups is 1. The van der Waals surface area contributed by atoms with Crippen LogP contribution in [0.4, 0.5) is 5.82 Å². The molecule has 0 unspecified atom stereocenters. The Labute approximate surface area is 85.9 Å². The second-order valence-corrected chi connectivity index (χ2v) is 2.64. The van der Waals surface area contributed by atoms with Gasteiger partial charge in [0.25, 0.3) is 0 Å². The monoisotopic (exact) mass is 207 g/mol. The number of aromatic nitrogens is 1. The van der Waals surface area contributed by atoms with E-state index < -0.39 is 16.5 Å². The summed E-state index contributed by atoms with van der Waals surface area (Å²) in [6.07, 6.45) is 0.496. The fourth-order valence-electron chi connectivity index (χ4n) is 0.870. The number of pyridine rings is 1. The molecule has 0 bridgehead atoms. The summed E-state index contributed by atoms with van der Waals surface area (Å²) in [5, 5.41) is 19.5. The lowest BCUT2D eigenvalue weighted by atomic mass is 10.3. The third kappa shape index (κ3) is 2.93. The smallest absolute Gasteiger partial charge is 0.407 e. The molecule has 6 nitrogen and oxygen atoms in total. The Bertz CT molecular complexity index is 434. The van der Waals surface area contributed by atoms with Crippen LogP contribution >= 0.6 is 0 Å². The first-order chi connectivity index (χ1) is 7.15. The Morgan fingerprint density at radius 2 is 2.33 bits per heavy atom. The SMILES string of the molecule is NCCC#Cc1ccc(O)c([N+](=O)[O-])n1. The zero-order chi connectivity index (χ0) is 11.3. The highest BCUT2D eigenvalue weighted by Crippen LogP contribution is 2.21. The minimum Gasteiger partial charge on any atom is -0.501 e. The van der Waals surface area contributed by atoms with Crippen molar-refractivity contribution in [2.24, 2.45) is 5.73 Å². The molecule has 0 aliphatic rings. The lowest BCUT2D eigenvalue weighted by molar-refractivity contribution is -0.390. The maximum Gasteiger partial charge on any atom is 0.407 e. The van der Waals surface area contributed by atoms with Gasteiger partial charge in [0.05, 0.1) is 0 Å². The van der Waals surface area contributed by atoms with E-state index in [4.69, 9.17) is 10.8 Å². The summed E-state index contributed by atoms with van der Waals surface area (Å²) >= 11 is 0. The number of nitrogens with zero attached hydrogens (tertiary/aromatic N) is 2. The molecule has 0 spiro atoms. The van der Waals surface area contributed by atoms with Gasteiger partial charge in [-0.25, -0.2) is 0 Å². The van der Waals surface area contributed by atoms with Crippen molar-refractivity contribution >= 4 is 5.82 Å². The molecule has 1 heterocycles. The van der Waals surface area contributed by atoms with Gasteiger partial charge in [-0.15, -0.1) is 0 Å². The molecule has 1 rings (SSSR count). The first-order valence-corrected chi connectivity index (χ1v) is 4.18. The van der Waals surface area contributed by atoms with Gasteiger partial charge in [0.15, 0.2) is 0 Å². The quantitative estimate of drug-likeness (QED) is 0.415. The van der Waals surface area contributed by atoms with Crippen molar-refractivity contribution in [3.8, 4) is 17.6 Å². The van der Waals surface area contributed by atoms with Crippen LogP contribution in [0.5, 0.6) is 5.75 Å². The Hall–Kier alpha value is -2.13. The largest absolute Gasteiger partial charge is 0.501 e. The lowest BCUT2D eigenvalue weighted by Crippen LogP contribution is -1.96. The van der Waals surface area contributed by atoms with Crippen molar-refractivity contribution in [2.75, 3.05) is 6.54 Å². The van der Waals surface area contributed by atoms with Crippen LogP contribution in [0.2, 0.25) is 0 Å². The number of hydrogen-bond acceptors (Lipinski definition) is 5. The zero-order valence-corrected chi connectivity index (χ0v) is 7.80. The summed E-state index contributed by atoms with van der Waals surface area (Å²) in [7, 11) is 0. The van der Waals surface area contributed by atoms with Gasteiger partial charge in [0.2, 0.25) is 11.4 Å². The van der Waals surface area contributed by atoms with Crippen LogP contribution < -0.4 is 5.73 Å². The van der Waals surface area contributed by atoms with Crippen LogP contribution in [0.3, 0.4) is 0 Å². The molecular weight excluding hydrogens is 198 g/mol. The molecule has 0 aliphatic carbocycles. The molecule has 0 amide bonds. The number of nitrogens with two attached hydrogens (primary N) is 1. The second-order valence-electron chi connectivity index (χ2n) is 2.64. The molecule has 0 aromatic carbocycles. The Kier molecular flexibility index (Phi) is 3.60. The van der Waals surface area contributed by atoms with Crippen molar-refractivity contribution in [3.05, 3.63) is 27.9 Å². The molecule has 0 aliphatic heterocycles. The third-order valence-electron chi connectivity index (χ3n) is 1.51. The van der Waals surface area contributed by atoms with E-state index in [0.29, 0.717) is 13.0 Å². The molecule has 0 radical (unpaired) electrons. The maximum atomic E-state index is 10.4. The van der Waals surface area contributed by atoms with Crippen molar-refractivity contribution in [1.29, 1.82) is 0 Å². The molecule has 3 N–H and O–H groups in total. The molecule has 0 saturated heterocycles. The number of rotatable bonds is 2. The summed E-state index contributed by atoms with van der Waals surface area (Å²) < 4.78 is 0. The van der Waals surface area contributed by atoms with E-state index in [1.165, 1.54) is 12.1 Å². The van der Waals surface area contributed by atoms with Gasteiger partial charge >= 0.3 is 5.82 Å². The minimum atomic E-state index is -0.760. The number of hydrogen-bond donors (Lipinski definition) is 2. The average Bonchev–Trinajstić information content (AvgIpc) is 2.20. The molecule has 1 aromatic rings. The van der Waals surface area contributed by atoms with E-state index in [9.17, 15) is 10.1 Å². The van der Waals surface area contributed by atoms with Gasteiger partial charge in [-0.1, -0.05) is 5.92 Å². The highest BCUT2D eigenvalue weighted by atomic mass is 16.6. The van der Waals surface area contributed by atoms with E-state index >= 15 is 0 Å². The van der Waals surface area contributed by atoms with Crippen LogP contribution in [-0.4, -0.2) is 21.6 Å². The third-order valence-corrected chi connectivity index (χ3v) is 1.51. The van der Waals surface area contributed by atoms with Gasteiger partial charge in [-0.2, -0.15) is 0 Å². The van der Waals surface area contributed by atoms with Crippen molar-refractivity contribution in [2.45, 2.75) is 6.42 Å². The maximum absolute atomic E-state index is 10.4. The average molecular weight is 207 g/mol. The molecule has 15 heavy (non-hydrogen) atoms. The lowest BCUT2D eigenvalue weighted by Gasteiger charge is -1.94. The summed E-state index contributed by atoms with van der Waals surface area (Å²) in [6.45, 7) is 0.424. The molecule has 0 saturated carbocycles. The highest BCUT2D eigenvalue weighted by Gasteiger charge is 2.15. The first-order valence-electron chi connectivity index (χ1n) is 4.18. The van der Waals surface area contributed by atoms with Crippen molar-refractivity contribution < 1.29 is 10.0 Å². The van der Waals surface area contributed by atoms with Crippen LogP contribution in [0.1, 0.15) is 12.1 Å². The standard InChI is InChI=1S/C9H9N3O3/c10-6-2-1-3-7-4-5-8(13)9(11-7)12(14)15/h4-5,13H,2,6,10H2. The molecule has 6 heteroatoms. The fraction of sp³-hybridized carbons (Fsp3) is 0.222. The molecular formula is C9H9N3O3. The van der Waals surface area contributed by atoms with Gasteiger partial charge in [-0.05, 0) is 21.9 Å². The fourth-order valence-corrected chi connectivity index (χ4v) is 0.870. The zero-order valence-electron chi connectivity index (χ0n) is 7.80. The predicted octanol–water partition coefficient (Wildman–Crippen LogP) is 0.396. The summed E-state index contributed by atoms with van der Waals surface area (Å²) in [5.41, 5.74) is 5.47. The minimum absolute atomic E-state index is 0.243. The summed E-state index contributed by atoms with van der Waals surface area (Å²) in [5.74, 6) is 4.25.